The number of halogens is 1. The van der Waals surface area contributed by atoms with Gasteiger partial charge in [0.25, 0.3) is 0 Å². The topological polar surface area (TPSA) is 20.3 Å². The average molecular weight is 285 g/mol. The van der Waals surface area contributed by atoms with Gasteiger partial charge in [-0.2, -0.15) is 0 Å². The van der Waals surface area contributed by atoms with Crippen LogP contribution in [0.4, 0.5) is 10.1 Å². The van der Waals surface area contributed by atoms with Crippen LogP contribution in [0.5, 0.6) is 0 Å². The Balaban J connectivity index is 1.98. The number of nitrogens with zero attached hydrogens (tertiary/aromatic N) is 1. The van der Waals surface area contributed by atoms with E-state index in [4.69, 9.17) is 0 Å². The highest BCUT2D eigenvalue weighted by Gasteiger charge is 2.09. The molecule has 0 unspecified atom stereocenters. The number of hydrogen-bond donors (Lipinski definition) is 0. The number of aryl methyl sites for hydroxylation is 1. The molecule has 0 aliphatic heterocycles. The van der Waals surface area contributed by atoms with Crippen molar-refractivity contribution in [2.24, 2.45) is 0 Å². The Labute approximate surface area is 125 Å². The summed E-state index contributed by atoms with van der Waals surface area (Å²) in [6.45, 7) is 5.45. The van der Waals surface area contributed by atoms with Crippen molar-refractivity contribution in [2.45, 2.75) is 20.3 Å². The Morgan fingerprint density at radius 1 is 1.05 bits per heavy atom. The molecule has 0 fully saturated rings. The first-order valence-electron chi connectivity index (χ1n) is 7.20. The van der Waals surface area contributed by atoms with Crippen molar-refractivity contribution in [1.29, 1.82) is 0 Å². The lowest BCUT2D eigenvalue weighted by atomic mass is 10.1. The Kier molecular flexibility index (Phi) is 5.09. The van der Waals surface area contributed by atoms with E-state index in [1.54, 1.807) is 12.1 Å². The number of carbonyl (C=O) groups excluding carboxylic acids is 1. The lowest BCUT2D eigenvalue weighted by Gasteiger charge is -2.22. The van der Waals surface area contributed by atoms with Gasteiger partial charge in [0, 0.05) is 30.8 Å². The molecule has 0 saturated carbocycles. The fraction of sp³-hybridized carbons (Fsp3) is 0.278. The van der Waals surface area contributed by atoms with Crippen LogP contribution in [-0.2, 0) is 0 Å². The van der Waals surface area contributed by atoms with E-state index >= 15 is 0 Å². The summed E-state index contributed by atoms with van der Waals surface area (Å²) in [5.74, 6) is -0.110. The number of benzene rings is 2. The first-order chi connectivity index (χ1) is 10.1. The third kappa shape index (κ3) is 4.15. The fourth-order valence-corrected chi connectivity index (χ4v) is 2.24. The molecule has 0 aliphatic carbocycles. The van der Waals surface area contributed by atoms with Gasteiger partial charge in [-0.3, -0.25) is 4.79 Å². The zero-order valence-electron chi connectivity index (χ0n) is 12.5. The fourth-order valence-electron chi connectivity index (χ4n) is 2.24. The Hall–Kier alpha value is -2.16. The summed E-state index contributed by atoms with van der Waals surface area (Å²) in [6, 6.07) is 14.0. The number of ketones is 1. The minimum absolute atomic E-state index is 0.135. The van der Waals surface area contributed by atoms with Gasteiger partial charge in [0.05, 0.1) is 0 Å². The molecule has 0 atom stereocenters. The molecule has 2 rings (SSSR count). The van der Waals surface area contributed by atoms with Crippen molar-refractivity contribution in [3.05, 3.63) is 65.5 Å². The Morgan fingerprint density at radius 3 is 2.24 bits per heavy atom. The molecule has 0 radical (unpaired) electrons. The smallest absolute Gasteiger partial charge is 0.164 e. The van der Waals surface area contributed by atoms with E-state index < -0.39 is 0 Å². The van der Waals surface area contributed by atoms with Crippen LogP contribution < -0.4 is 4.90 Å². The van der Waals surface area contributed by atoms with E-state index in [1.165, 1.54) is 12.1 Å². The lowest BCUT2D eigenvalue weighted by Crippen LogP contribution is -2.25. The monoisotopic (exact) mass is 285 g/mol. The van der Waals surface area contributed by atoms with Crippen molar-refractivity contribution in [2.75, 3.05) is 18.0 Å². The first kappa shape index (κ1) is 15.2. The zero-order valence-corrected chi connectivity index (χ0v) is 12.5. The number of carbonyl (C=O) groups is 1. The molecule has 0 saturated heterocycles. The van der Waals surface area contributed by atoms with Gasteiger partial charge < -0.3 is 4.90 Å². The normalized spacial score (nSPS) is 10.4. The third-order valence-corrected chi connectivity index (χ3v) is 3.56. The molecule has 2 aromatic carbocycles. The second-order valence-electron chi connectivity index (χ2n) is 5.10. The molecule has 0 amide bonds. The number of Topliss-reactive ketones (excluding diaryl/α,β-unsaturated/α-hetero) is 1. The van der Waals surface area contributed by atoms with E-state index in [1.807, 2.05) is 38.1 Å². The second kappa shape index (κ2) is 7.02. The predicted octanol–water partition coefficient (Wildman–Crippen LogP) is 4.23. The van der Waals surface area contributed by atoms with Crippen LogP contribution in [0.15, 0.2) is 48.5 Å². The molecular weight excluding hydrogens is 265 g/mol. The molecule has 2 aromatic rings. The molecule has 0 aromatic heterocycles. The van der Waals surface area contributed by atoms with Crippen LogP contribution in [0.2, 0.25) is 0 Å². The quantitative estimate of drug-likeness (QED) is 0.740. The SMILES string of the molecule is CCN(CCC(=O)c1ccc(C)cc1)c1ccc(F)cc1. The molecule has 0 bridgehead atoms. The summed E-state index contributed by atoms with van der Waals surface area (Å²) in [4.78, 5) is 14.3. The van der Waals surface area contributed by atoms with E-state index in [2.05, 4.69) is 4.90 Å². The predicted molar refractivity (Wildman–Crippen MR) is 84.4 cm³/mol. The van der Waals surface area contributed by atoms with Crippen molar-refractivity contribution < 1.29 is 9.18 Å². The number of rotatable bonds is 6. The summed E-state index contributed by atoms with van der Waals surface area (Å²) in [7, 11) is 0. The van der Waals surface area contributed by atoms with Gasteiger partial charge in [0.1, 0.15) is 5.82 Å². The van der Waals surface area contributed by atoms with Gasteiger partial charge in [-0.25, -0.2) is 4.39 Å². The zero-order chi connectivity index (χ0) is 15.2. The number of anilines is 1. The summed E-state index contributed by atoms with van der Waals surface area (Å²) in [5.41, 5.74) is 2.83. The molecule has 2 nitrogen and oxygen atoms in total. The average Bonchev–Trinajstić information content (AvgIpc) is 2.50. The van der Waals surface area contributed by atoms with Gasteiger partial charge in [0.2, 0.25) is 0 Å². The summed E-state index contributed by atoms with van der Waals surface area (Å²) >= 11 is 0. The molecule has 0 spiro atoms. The summed E-state index contributed by atoms with van der Waals surface area (Å²) in [6.07, 6.45) is 0.453. The highest BCUT2D eigenvalue weighted by atomic mass is 19.1. The maximum atomic E-state index is 12.9. The van der Waals surface area contributed by atoms with Gasteiger partial charge in [-0.05, 0) is 38.1 Å². The lowest BCUT2D eigenvalue weighted by molar-refractivity contribution is 0.0984. The summed E-state index contributed by atoms with van der Waals surface area (Å²) < 4.78 is 12.9. The van der Waals surface area contributed by atoms with Crippen LogP contribution >= 0.6 is 0 Å². The van der Waals surface area contributed by atoms with Gasteiger partial charge >= 0.3 is 0 Å². The highest BCUT2D eigenvalue weighted by molar-refractivity contribution is 5.96. The van der Waals surface area contributed by atoms with Crippen LogP contribution in [0.25, 0.3) is 0 Å². The number of hydrogen-bond acceptors (Lipinski definition) is 2. The van der Waals surface area contributed by atoms with Gasteiger partial charge in [0.15, 0.2) is 5.78 Å². The minimum atomic E-state index is -0.245. The van der Waals surface area contributed by atoms with E-state index in [0.717, 1.165) is 23.4 Å². The third-order valence-electron chi connectivity index (χ3n) is 3.56. The molecule has 0 N–H and O–H groups in total. The van der Waals surface area contributed by atoms with E-state index in [0.29, 0.717) is 13.0 Å². The van der Waals surface area contributed by atoms with Gasteiger partial charge in [-0.15, -0.1) is 0 Å². The van der Waals surface area contributed by atoms with Crippen molar-refractivity contribution in [1.82, 2.24) is 0 Å². The Morgan fingerprint density at radius 2 is 1.67 bits per heavy atom. The minimum Gasteiger partial charge on any atom is -0.371 e. The van der Waals surface area contributed by atoms with Crippen LogP contribution in [-0.4, -0.2) is 18.9 Å². The van der Waals surface area contributed by atoms with Crippen LogP contribution in [0.3, 0.4) is 0 Å². The largest absolute Gasteiger partial charge is 0.371 e. The molecule has 3 heteroatoms. The van der Waals surface area contributed by atoms with Crippen molar-refractivity contribution in [3.8, 4) is 0 Å². The molecule has 0 heterocycles. The van der Waals surface area contributed by atoms with Crippen LogP contribution in [0.1, 0.15) is 29.3 Å². The molecule has 110 valence electrons. The molecular formula is C18H20FNO. The highest BCUT2D eigenvalue weighted by Crippen LogP contribution is 2.16. The maximum Gasteiger partial charge on any atom is 0.164 e. The van der Waals surface area contributed by atoms with Gasteiger partial charge in [-0.1, -0.05) is 29.8 Å². The van der Waals surface area contributed by atoms with Crippen molar-refractivity contribution in [3.63, 3.8) is 0 Å². The second-order valence-corrected chi connectivity index (χ2v) is 5.10. The van der Waals surface area contributed by atoms with Crippen LogP contribution in [0, 0.1) is 12.7 Å². The summed E-state index contributed by atoms with van der Waals surface area (Å²) in [5, 5.41) is 0. The first-order valence-corrected chi connectivity index (χ1v) is 7.20. The van der Waals surface area contributed by atoms with Crippen molar-refractivity contribution >= 4 is 11.5 Å². The van der Waals surface area contributed by atoms with E-state index in [9.17, 15) is 9.18 Å². The maximum absolute atomic E-state index is 12.9. The molecule has 0 aliphatic rings. The van der Waals surface area contributed by atoms with E-state index in [-0.39, 0.29) is 11.6 Å². The standard InChI is InChI=1S/C18H20FNO/c1-3-20(17-10-8-16(19)9-11-17)13-12-18(21)15-6-4-14(2)5-7-15/h4-11H,3,12-13H2,1-2H3. The Bertz CT molecular complexity index is 590. The molecule has 21 heavy (non-hydrogen) atoms.